The van der Waals surface area contributed by atoms with Crippen LogP contribution < -0.4 is 0 Å². The summed E-state index contributed by atoms with van der Waals surface area (Å²) in [5.41, 5.74) is 0. The molecule has 3 atom stereocenters. The van der Waals surface area contributed by atoms with Crippen LogP contribution in [-0.2, 0) is 9.53 Å². The lowest BCUT2D eigenvalue weighted by molar-refractivity contribution is -0.152. The van der Waals surface area contributed by atoms with Gasteiger partial charge in [-0.1, -0.05) is 27.2 Å². The second-order valence-corrected chi connectivity index (χ2v) is 6.15. The molecule has 0 amide bonds. The van der Waals surface area contributed by atoms with Gasteiger partial charge in [0.25, 0.3) is 0 Å². The molecule has 0 aliphatic heterocycles. The highest BCUT2D eigenvalue weighted by atomic mass is 32.2. The fraction of sp³-hybridized carbons (Fsp3) is 0.923. The lowest BCUT2D eigenvalue weighted by Gasteiger charge is -2.36. The molecule has 0 N–H and O–H groups in total. The van der Waals surface area contributed by atoms with Crippen LogP contribution in [0.4, 0.5) is 0 Å². The zero-order valence-corrected chi connectivity index (χ0v) is 11.7. The van der Waals surface area contributed by atoms with E-state index >= 15 is 0 Å². The van der Waals surface area contributed by atoms with Crippen LogP contribution in [0.15, 0.2) is 0 Å². The molecule has 1 rings (SSSR count). The monoisotopic (exact) mass is 244 g/mol. The fourth-order valence-electron chi connectivity index (χ4n) is 2.57. The standard InChI is InChI=1S/C13H24O2S/c1-9(2)11-6-5-10(3)7-12(11)15-13(14)8-16-4/h9-12H,5-8H2,1-4H3/t10-,11+,12-/m1/s1. The number of ether oxygens (including phenoxy) is 1. The summed E-state index contributed by atoms with van der Waals surface area (Å²) < 4.78 is 5.62. The van der Waals surface area contributed by atoms with Crippen LogP contribution >= 0.6 is 11.8 Å². The van der Waals surface area contributed by atoms with Crippen molar-refractivity contribution in [3.8, 4) is 0 Å². The van der Waals surface area contributed by atoms with E-state index in [1.807, 2.05) is 6.26 Å². The molecule has 0 aromatic rings. The molecule has 94 valence electrons. The van der Waals surface area contributed by atoms with E-state index in [1.54, 1.807) is 0 Å². The average molecular weight is 244 g/mol. The molecular formula is C13H24O2S. The first-order chi connectivity index (χ1) is 7.54. The highest BCUT2D eigenvalue weighted by Gasteiger charge is 2.33. The van der Waals surface area contributed by atoms with Crippen LogP contribution in [0.5, 0.6) is 0 Å². The van der Waals surface area contributed by atoms with Gasteiger partial charge in [-0.25, -0.2) is 0 Å². The van der Waals surface area contributed by atoms with Crippen LogP contribution in [0.25, 0.3) is 0 Å². The lowest BCUT2D eigenvalue weighted by Crippen LogP contribution is -2.36. The van der Waals surface area contributed by atoms with E-state index in [9.17, 15) is 4.79 Å². The third kappa shape index (κ3) is 4.00. The molecule has 1 fully saturated rings. The summed E-state index contributed by atoms with van der Waals surface area (Å²) in [6.45, 7) is 6.72. The summed E-state index contributed by atoms with van der Waals surface area (Å²) in [6.07, 6.45) is 5.62. The van der Waals surface area contributed by atoms with Gasteiger partial charge in [-0.15, -0.1) is 0 Å². The SMILES string of the molecule is CSCC(=O)O[C@@H]1C[C@H](C)CC[C@H]1C(C)C. The molecule has 1 aliphatic carbocycles. The van der Waals surface area contributed by atoms with Gasteiger partial charge in [0.15, 0.2) is 0 Å². The highest BCUT2D eigenvalue weighted by molar-refractivity contribution is 7.99. The van der Waals surface area contributed by atoms with Gasteiger partial charge in [0.05, 0.1) is 5.75 Å². The molecule has 2 nitrogen and oxygen atoms in total. The van der Waals surface area contributed by atoms with Crippen molar-refractivity contribution >= 4 is 17.7 Å². The van der Waals surface area contributed by atoms with Crippen molar-refractivity contribution < 1.29 is 9.53 Å². The van der Waals surface area contributed by atoms with Crippen molar-refractivity contribution in [2.75, 3.05) is 12.0 Å². The van der Waals surface area contributed by atoms with Crippen molar-refractivity contribution in [1.82, 2.24) is 0 Å². The van der Waals surface area contributed by atoms with Crippen molar-refractivity contribution in [2.24, 2.45) is 17.8 Å². The number of hydrogen-bond acceptors (Lipinski definition) is 3. The summed E-state index contributed by atoms with van der Waals surface area (Å²) in [4.78, 5) is 11.5. The van der Waals surface area contributed by atoms with Crippen molar-refractivity contribution in [2.45, 2.75) is 46.1 Å². The molecule has 0 unspecified atom stereocenters. The molecule has 0 spiro atoms. The minimum absolute atomic E-state index is 0.0442. The predicted molar refractivity (Wildman–Crippen MR) is 69.6 cm³/mol. The van der Waals surface area contributed by atoms with Crippen LogP contribution in [-0.4, -0.2) is 24.1 Å². The van der Waals surface area contributed by atoms with Gasteiger partial charge in [0.2, 0.25) is 0 Å². The number of carbonyl (C=O) groups excluding carboxylic acids is 1. The minimum atomic E-state index is -0.0442. The van der Waals surface area contributed by atoms with Crippen molar-refractivity contribution in [1.29, 1.82) is 0 Å². The number of esters is 1. The van der Waals surface area contributed by atoms with E-state index in [0.717, 1.165) is 6.42 Å². The molecule has 0 saturated heterocycles. The van der Waals surface area contributed by atoms with Gasteiger partial charge >= 0.3 is 5.97 Å². The van der Waals surface area contributed by atoms with Gasteiger partial charge in [0.1, 0.15) is 6.10 Å². The summed E-state index contributed by atoms with van der Waals surface area (Å²) >= 11 is 1.53. The molecule has 0 aromatic carbocycles. The first-order valence-electron chi connectivity index (χ1n) is 6.23. The third-order valence-electron chi connectivity index (χ3n) is 3.51. The molecule has 0 aromatic heterocycles. The number of thioether (sulfide) groups is 1. The first kappa shape index (κ1) is 13.9. The molecule has 0 heterocycles. The van der Waals surface area contributed by atoms with E-state index in [1.165, 1.54) is 24.6 Å². The quantitative estimate of drug-likeness (QED) is 0.709. The molecule has 3 heteroatoms. The smallest absolute Gasteiger partial charge is 0.316 e. The maximum Gasteiger partial charge on any atom is 0.316 e. The Morgan fingerprint density at radius 2 is 2.12 bits per heavy atom. The Bertz CT molecular complexity index is 228. The Kier molecular flexibility index (Phi) is 5.67. The van der Waals surface area contributed by atoms with Gasteiger partial charge in [-0.3, -0.25) is 4.79 Å². The maximum atomic E-state index is 11.5. The van der Waals surface area contributed by atoms with Crippen molar-refractivity contribution in [3.05, 3.63) is 0 Å². The second-order valence-electron chi connectivity index (χ2n) is 5.29. The topological polar surface area (TPSA) is 26.3 Å². The largest absolute Gasteiger partial charge is 0.461 e. The molecular weight excluding hydrogens is 220 g/mol. The van der Waals surface area contributed by atoms with Crippen molar-refractivity contribution in [3.63, 3.8) is 0 Å². The number of hydrogen-bond donors (Lipinski definition) is 0. The van der Waals surface area contributed by atoms with Gasteiger partial charge < -0.3 is 4.74 Å². The van der Waals surface area contributed by atoms with Gasteiger partial charge in [0, 0.05) is 0 Å². The Morgan fingerprint density at radius 3 is 2.69 bits per heavy atom. The number of carbonyl (C=O) groups is 1. The predicted octanol–water partition coefficient (Wildman–Crippen LogP) is 3.35. The van der Waals surface area contributed by atoms with E-state index in [-0.39, 0.29) is 12.1 Å². The Hall–Kier alpha value is -0.180. The maximum absolute atomic E-state index is 11.5. The second kappa shape index (κ2) is 6.53. The zero-order chi connectivity index (χ0) is 12.1. The van der Waals surface area contributed by atoms with Crippen LogP contribution in [0, 0.1) is 17.8 Å². The molecule has 16 heavy (non-hydrogen) atoms. The Morgan fingerprint density at radius 1 is 1.44 bits per heavy atom. The fourth-order valence-corrected chi connectivity index (χ4v) is 2.87. The lowest BCUT2D eigenvalue weighted by atomic mass is 9.75. The van der Waals surface area contributed by atoms with Crippen LogP contribution in [0.1, 0.15) is 40.0 Å². The third-order valence-corrected chi connectivity index (χ3v) is 4.03. The van der Waals surface area contributed by atoms with E-state index < -0.39 is 0 Å². The van der Waals surface area contributed by atoms with Crippen LogP contribution in [0.3, 0.4) is 0 Å². The first-order valence-corrected chi connectivity index (χ1v) is 7.62. The Balaban J connectivity index is 2.54. The summed E-state index contributed by atoms with van der Waals surface area (Å²) in [5.74, 6) is 2.30. The average Bonchev–Trinajstić information content (AvgIpc) is 2.17. The minimum Gasteiger partial charge on any atom is -0.461 e. The molecule has 1 aliphatic rings. The van der Waals surface area contributed by atoms with Crippen LogP contribution in [0.2, 0.25) is 0 Å². The summed E-state index contributed by atoms with van der Waals surface area (Å²) in [7, 11) is 0. The van der Waals surface area contributed by atoms with E-state index in [0.29, 0.717) is 23.5 Å². The van der Waals surface area contributed by atoms with E-state index in [2.05, 4.69) is 20.8 Å². The Labute approximate surface area is 104 Å². The molecule has 0 bridgehead atoms. The van der Waals surface area contributed by atoms with Gasteiger partial charge in [-0.2, -0.15) is 11.8 Å². The highest BCUT2D eigenvalue weighted by Crippen LogP contribution is 2.35. The summed E-state index contributed by atoms with van der Waals surface area (Å²) in [5, 5.41) is 0. The van der Waals surface area contributed by atoms with E-state index in [4.69, 9.17) is 4.74 Å². The molecule has 1 saturated carbocycles. The molecule has 0 radical (unpaired) electrons. The number of rotatable bonds is 4. The summed E-state index contributed by atoms with van der Waals surface area (Å²) in [6, 6.07) is 0. The normalized spacial score (nSPS) is 30.4. The van der Waals surface area contributed by atoms with Gasteiger partial charge in [-0.05, 0) is 36.9 Å². The zero-order valence-electron chi connectivity index (χ0n) is 10.9.